The van der Waals surface area contributed by atoms with E-state index in [4.69, 9.17) is 4.74 Å². The lowest BCUT2D eigenvalue weighted by Crippen LogP contribution is -2.51. The molecular formula is C21H27N3O3. The van der Waals surface area contributed by atoms with Gasteiger partial charge in [-0.3, -0.25) is 9.59 Å². The minimum Gasteiger partial charge on any atom is -0.383 e. The number of carbonyl (C=O) groups is 2. The van der Waals surface area contributed by atoms with Gasteiger partial charge >= 0.3 is 0 Å². The molecule has 6 nitrogen and oxygen atoms in total. The highest BCUT2D eigenvalue weighted by Crippen LogP contribution is 2.40. The lowest BCUT2D eigenvalue weighted by atomic mass is 9.78. The number of likely N-dealkylation sites (tertiary alicyclic amines) is 2. The molecular weight excluding hydrogens is 342 g/mol. The third-order valence-electron chi connectivity index (χ3n) is 6.19. The standard InChI is InChI=1S/C21H27N3O3/c1-22-11-7-16-17(5-3-6-18(16)22)19(25)24-12-9-21(15-24)8-4-10-23(20(21)26)13-14-27-2/h3,5-7,11H,4,8-10,12-15H2,1-2H3. The largest absolute Gasteiger partial charge is 0.383 e. The summed E-state index contributed by atoms with van der Waals surface area (Å²) < 4.78 is 7.17. The fourth-order valence-electron chi connectivity index (χ4n) is 4.65. The average Bonchev–Trinajstić information content (AvgIpc) is 3.28. The van der Waals surface area contributed by atoms with Crippen molar-refractivity contribution < 1.29 is 14.3 Å². The van der Waals surface area contributed by atoms with Gasteiger partial charge in [-0.05, 0) is 37.5 Å². The van der Waals surface area contributed by atoms with E-state index in [1.54, 1.807) is 7.11 Å². The molecule has 3 heterocycles. The number of benzene rings is 1. The van der Waals surface area contributed by atoms with Crippen molar-refractivity contribution in [1.82, 2.24) is 14.4 Å². The fourth-order valence-corrected chi connectivity index (χ4v) is 4.65. The Kier molecular flexibility index (Phi) is 4.68. The molecule has 1 atom stereocenters. The van der Waals surface area contributed by atoms with Crippen LogP contribution in [0.1, 0.15) is 29.6 Å². The van der Waals surface area contributed by atoms with Crippen LogP contribution in [-0.2, 0) is 16.6 Å². The molecule has 2 aliphatic rings. The SMILES string of the molecule is COCCN1CCCC2(CCN(C(=O)c3cccc4c3ccn4C)C2)C1=O. The molecule has 144 valence electrons. The van der Waals surface area contributed by atoms with Gasteiger partial charge in [-0.2, -0.15) is 0 Å². The number of aromatic nitrogens is 1. The van der Waals surface area contributed by atoms with Gasteiger partial charge in [0, 0.05) is 63.0 Å². The quantitative estimate of drug-likeness (QED) is 0.831. The molecule has 0 bridgehead atoms. The van der Waals surface area contributed by atoms with Crippen LogP contribution in [0, 0.1) is 5.41 Å². The van der Waals surface area contributed by atoms with Crippen molar-refractivity contribution in [2.75, 3.05) is 39.9 Å². The van der Waals surface area contributed by atoms with Crippen LogP contribution in [0.2, 0.25) is 0 Å². The Morgan fingerprint density at radius 1 is 1.22 bits per heavy atom. The van der Waals surface area contributed by atoms with Crippen LogP contribution >= 0.6 is 0 Å². The van der Waals surface area contributed by atoms with Crippen LogP contribution in [0.25, 0.3) is 10.9 Å². The second kappa shape index (κ2) is 7.00. The van der Waals surface area contributed by atoms with Gasteiger partial charge in [0.2, 0.25) is 5.91 Å². The van der Waals surface area contributed by atoms with Crippen molar-refractivity contribution in [3.05, 3.63) is 36.0 Å². The first-order valence-electron chi connectivity index (χ1n) is 9.67. The number of hydrogen-bond acceptors (Lipinski definition) is 3. The van der Waals surface area contributed by atoms with E-state index < -0.39 is 5.41 Å². The summed E-state index contributed by atoms with van der Waals surface area (Å²) in [6.07, 6.45) is 4.59. The molecule has 6 heteroatoms. The highest BCUT2D eigenvalue weighted by Gasteiger charge is 2.49. The van der Waals surface area contributed by atoms with Gasteiger partial charge in [0.1, 0.15) is 0 Å². The zero-order valence-corrected chi connectivity index (χ0v) is 16.1. The number of aryl methyl sites for hydroxylation is 1. The first-order chi connectivity index (χ1) is 13.1. The second-order valence-electron chi connectivity index (χ2n) is 7.81. The summed E-state index contributed by atoms with van der Waals surface area (Å²) >= 11 is 0. The normalized spacial score (nSPS) is 23.0. The predicted molar refractivity (Wildman–Crippen MR) is 104 cm³/mol. The Morgan fingerprint density at radius 2 is 2.07 bits per heavy atom. The molecule has 2 amide bonds. The van der Waals surface area contributed by atoms with Gasteiger partial charge in [-0.1, -0.05) is 6.07 Å². The van der Waals surface area contributed by atoms with E-state index in [2.05, 4.69) is 0 Å². The molecule has 2 aromatic rings. The minimum absolute atomic E-state index is 0.0329. The summed E-state index contributed by atoms with van der Waals surface area (Å²) in [6, 6.07) is 7.84. The number of piperidine rings is 1. The van der Waals surface area contributed by atoms with Crippen LogP contribution in [0.15, 0.2) is 30.5 Å². The molecule has 0 aliphatic carbocycles. The fraction of sp³-hybridized carbons (Fsp3) is 0.524. The minimum atomic E-state index is -0.410. The van der Waals surface area contributed by atoms with Gasteiger partial charge in [-0.15, -0.1) is 0 Å². The monoisotopic (exact) mass is 369 g/mol. The zero-order valence-electron chi connectivity index (χ0n) is 16.1. The molecule has 2 saturated heterocycles. The van der Waals surface area contributed by atoms with Crippen molar-refractivity contribution in [3.63, 3.8) is 0 Å². The van der Waals surface area contributed by atoms with Gasteiger partial charge in [-0.25, -0.2) is 0 Å². The molecule has 2 fully saturated rings. The number of methoxy groups -OCH3 is 1. The van der Waals surface area contributed by atoms with Crippen LogP contribution in [0.3, 0.4) is 0 Å². The average molecular weight is 369 g/mol. The molecule has 1 aromatic heterocycles. The van der Waals surface area contributed by atoms with Crippen LogP contribution < -0.4 is 0 Å². The van der Waals surface area contributed by atoms with E-state index in [1.807, 2.05) is 51.9 Å². The Hall–Kier alpha value is -2.34. The number of fused-ring (bicyclic) bond motifs is 1. The van der Waals surface area contributed by atoms with E-state index in [0.29, 0.717) is 26.2 Å². The van der Waals surface area contributed by atoms with E-state index >= 15 is 0 Å². The highest BCUT2D eigenvalue weighted by molar-refractivity contribution is 6.07. The zero-order chi connectivity index (χ0) is 19.0. The lowest BCUT2D eigenvalue weighted by Gasteiger charge is -2.39. The van der Waals surface area contributed by atoms with Crippen molar-refractivity contribution >= 4 is 22.7 Å². The van der Waals surface area contributed by atoms with Gasteiger partial charge in [0.15, 0.2) is 0 Å². The van der Waals surface area contributed by atoms with Crippen molar-refractivity contribution in [3.8, 4) is 0 Å². The maximum absolute atomic E-state index is 13.2. The van der Waals surface area contributed by atoms with Gasteiger partial charge in [0.05, 0.1) is 12.0 Å². The van der Waals surface area contributed by atoms with Crippen LogP contribution in [0.4, 0.5) is 0 Å². The summed E-state index contributed by atoms with van der Waals surface area (Å²) in [6.45, 7) is 3.15. The predicted octanol–water partition coefficient (Wildman–Crippen LogP) is 2.28. The number of hydrogen-bond donors (Lipinski definition) is 0. The Labute approximate surface area is 159 Å². The Balaban J connectivity index is 1.55. The molecule has 2 aliphatic heterocycles. The second-order valence-corrected chi connectivity index (χ2v) is 7.81. The maximum atomic E-state index is 13.2. The molecule has 1 aromatic carbocycles. The number of nitrogens with zero attached hydrogens (tertiary/aromatic N) is 3. The maximum Gasteiger partial charge on any atom is 0.254 e. The van der Waals surface area contributed by atoms with Crippen molar-refractivity contribution in [1.29, 1.82) is 0 Å². The first kappa shape index (κ1) is 18.0. The Bertz CT molecular complexity index is 875. The summed E-state index contributed by atoms with van der Waals surface area (Å²) in [7, 11) is 3.64. The summed E-state index contributed by atoms with van der Waals surface area (Å²) in [4.78, 5) is 30.1. The molecule has 0 saturated carbocycles. The molecule has 1 unspecified atom stereocenters. The number of ether oxygens (including phenoxy) is 1. The first-order valence-corrected chi connectivity index (χ1v) is 9.67. The van der Waals surface area contributed by atoms with E-state index in [1.165, 1.54) is 0 Å². The van der Waals surface area contributed by atoms with Crippen molar-refractivity contribution in [2.45, 2.75) is 19.3 Å². The molecule has 27 heavy (non-hydrogen) atoms. The molecule has 0 N–H and O–H groups in total. The summed E-state index contributed by atoms with van der Waals surface area (Å²) in [5, 5.41) is 0.975. The van der Waals surface area contributed by atoms with Crippen LogP contribution in [-0.4, -0.2) is 66.1 Å². The topological polar surface area (TPSA) is 54.8 Å². The number of carbonyl (C=O) groups excluding carboxylic acids is 2. The van der Waals surface area contributed by atoms with E-state index in [-0.39, 0.29) is 11.8 Å². The van der Waals surface area contributed by atoms with Crippen molar-refractivity contribution in [2.24, 2.45) is 12.5 Å². The van der Waals surface area contributed by atoms with Crippen LogP contribution in [0.5, 0.6) is 0 Å². The van der Waals surface area contributed by atoms with Gasteiger partial charge < -0.3 is 19.1 Å². The van der Waals surface area contributed by atoms with E-state index in [9.17, 15) is 9.59 Å². The highest BCUT2D eigenvalue weighted by atomic mass is 16.5. The molecule has 1 spiro atoms. The number of amides is 2. The Morgan fingerprint density at radius 3 is 2.89 bits per heavy atom. The summed E-state index contributed by atoms with van der Waals surface area (Å²) in [5.74, 6) is 0.226. The number of rotatable bonds is 4. The third-order valence-corrected chi connectivity index (χ3v) is 6.19. The molecule has 0 radical (unpaired) electrons. The third kappa shape index (κ3) is 3.02. The summed E-state index contributed by atoms with van der Waals surface area (Å²) in [5.41, 5.74) is 1.37. The van der Waals surface area contributed by atoms with E-state index in [0.717, 1.165) is 42.3 Å². The lowest BCUT2D eigenvalue weighted by molar-refractivity contribution is -0.146. The smallest absolute Gasteiger partial charge is 0.254 e. The van der Waals surface area contributed by atoms with Gasteiger partial charge in [0.25, 0.3) is 5.91 Å². The molecule has 4 rings (SSSR count).